The van der Waals surface area contributed by atoms with E-state index in [0.717, 1.165) is 34.1 Å². The maximum Gasteiger partial charge on any atom is 0.0712 e. The molecule has 0 radical (unpaired) electrons. The number of pyridine rings is 1. The first-order chi connectivity index (χ1) is 11.7. The zero-order chi connectivity index (χ0) is 18.2. The molecular formula is C21H23N. The SMILES string of the molecule is [2H]C([2H])([2H])c1cc(C)cc(-c2ccc3ccc(CC(C)C)cc3n2)c1. The van der Waals surface area contributed by atoms with Crippen LogP contribution in [-0.4, -0.2) is 4.98 Å². The second kappa shape index (κ2) is 5.92. The quantitative estimate of drug-likeness (QED) is 0.602. The van der Waals surface area contributed by atoms with Gasteiger partial charge in [0.25, 0.3) is 0 Å². The van der Waals surface area contributed by atoms with Gasteiger partial charge in [-0.1, -0.05) is 49.2 Å². The normalized spacial score (nSPS) is 13.9. The lowest BCUT2D eigenvalue weighted by molar-refractivity contribution is 0.648. The molecule has 0 atom stereocenters. The van der Waals surface area contributed by atoms with E-state index in [4.69, 9.17) is 9.10 Å². The summed E-state index contributed by atoms with van der Waals surface area (Å²) in [5, 5.41) is 1.10. The predicted octanol–water partition coefficient (Wildman–Crippen LogP) is 5.72. The van der Waals surface area contributed by atoms with Gasteiger partial charge in [-0.15, -0.1) is 0 Å². The monoisotopic (exact) mass is 292 g/mol. The molecule has 0 N–H and O–H groups in total. The molecule has 1 aromatic heterocycles. The number of hydrogen-bond donors (Lipinski definition) is 0. The molecule has 0 fully saturated rings. The smallest absolute Gasteiger partial charge is 0.0712 e. The van der Waals surface area contributed by atoms with Crippen LogP contribution in [-0.2, 0) is 6.42 Å². The predicted molar refractivity (Wildman–Crippen MR) is 95.2 cm³/mol. The molecular weight excluding hydrogens is 266 g/mol. The van der Waals surface area contributed by atoms with Gasteiger partial charge in [-0.3, -0.25) is 0 Å². The van der Waals surface area contributed by atoms with Crippen LogP contribution < -0.4 is 0 Å². The molecule has 112 valence electrons. The maximum atomic E-state index is 7.67. The van der Waals surface area contributed by atoms with Crippen molar-refractivity contribution < 1.29 is 4.11 Å². The first-order valence-corrected chi connectivity index (χ1v) is 7.74. The first-order valence-electron chi connectivity index (χ1n) is 9.24. The van der Waals surface area contributed by atoms with Crippen molar-refractivity contribution >= 4 is 10.9 Å². The molecule has 1 nitrogen and oxygen atoms in total. The van der Waals surface area contributed by atoms with Gasteiger partial charge < -0.3 is 0 Å². The highest BCUT2D eigenvalue weighted by Crippen LogP contribution is 2.24. The highest BCUT2D eigenvalue weighted by atomic mass is 14.7. The summed E-state index contributed by atoms with van der Waals surface area (Å²) in [6.45, 7) is 4.22. The third-order valence-electron chi connectivity index (χ3n) is 3.77. The van der Waals surface area contributed by atoms with Crippen LogP contribution in [0, 0.1) is 19.7 Å². The number of hydrogen-bond acceptors (Lipinski definition) is 1. The molecule has 0 aliphatic carbocycles. The molecule has 0 saturated carbocycles. The average molecular weight is 292 g/mol. The van der Waals surface area contributed by atoms with Crippen molar-refractivity contribution in [2.24, 2.45) is 5.92 Å². The molecule has 22 heavy (non-hydrogen) atoms. The van der Waals surface area contributed by atoms with Crippen molar-refractivity contribution in [2.75, 3.05) is 0 Å². The summed E-state index contributed by atoms with van der Waals surface area (Å²) in [7, 11) is 0. The van der Waals surface area contributed by atoms with Crippen LogP contribution >= 0.6 is 0 Å². The van der Waals surface area contributed by atoms with Crippen LogP contribution in [0.3, 0.4) is 0 Å². The number of nitrogens with zero attached hydrogens (tertiary/aromatic N) is 1. The summed E-state index contributed by atoms with van der Waals surface area (Å²) in [6.07, 6.45) is 1.02. The summed E-state index contributed by atoms with van der Waals surface area (Å²) >= 11 is 0. The Balaban J connectivity index is 2.08. The maximum absolute atomic E-state index is 7.67. The molecule has 3 rings (SSSR count). The molecule has 0 aliphatic heterocycles. The van der Waals surface area contributed by atoms with E-state index in [1.807, 2.05) is 25.1 Å². The molecule has 0 spiro atoms. The Morgan fingerprint density at radius 1 is 1.00 bits per heavy atom. The third kappa shape index (κ3) is 3.19. The van der Waals surface area contributed by atoms with Crippen LogP contribution in [0.5, 0.6) is 0 Å². The van der Waals surface area contributed by atoms with Crippen molar-refractivity contribution in [3.05, 3.63) is 65.2 Å². The summed E-state index contributed by atoms with van der Waals surface area (Å²) in [5.41, 5.74) is 5.18. The number of aryl methyl sites for hydroxylation is 2. The minimum absolute atomic E-state index is 0.359. The van der Waals surface area contributed by atoms with Gasteiger partial charge in [-0.05, 0) is 55.9 Å². The number of rotatable bonds is 3. The standard InChI is InChI=1S/C21H23N/c1-14(2)9-17-5-6-18-7-8-20(22-21(18)13-17)19-11-15(3)10-16(4)12-19/h5-8,10-14H,9H2,1-4H3/i3D3. The second-order valence-corrected chi connectivity index (χ2v) is 6.41. The third-order valence-corrected chi connectivity index (χ3v) is 3.77. The molecule has 0 unspecified atom stereocenters. The number of fused-ring (bicyclic) bond motifs is 1. The van der Waals surface area contributed by atoms with Gasteiger partial charge in [0.1, 0.15) is 0 Å². The molecule has 0 saturated heterocycles. The molecule has 3 aromatic rings. The summed E-state index contributed by atoms with van der Waals surface area (Å²) < 4.78 is 23.0. The summed E-state index contributed by atoms with van der Waals surface area (Å²) in [5.74, 6) is 0.597. The van der Waals surface area contributed by atoms with E-state index in [2.05, 4.69) is 32.0 Å². The fourth-order valence-electron chi connectivity index (χ4n) is 2.85. The summed E-state index contributed by atoms with van der Waals surface area (Å²) in [6, 6.07) is 15.8. The van der Waals surface area contributed by atoms with E-state index < -0.39 is 6.85 Å². The first kappa shape index (κ1) is 11.4. The van der Waals surface area contributed by atoms with E-state index in [1.165, 1.54) is 5.56 Å². The van der Waals surface area contributed by atoms with E-state index in [9.17, 15) is 0 Å². The highest BCUT2D eigenvalue weighted by molar-refractivity contribution is 5.82. The largest absolute Gasteiger partial charge is 0.248 e. The van der Waals surface area contributed by atoms with Crippen molar-refractivity contribution in [1.82, 2.24) is 4.98 Å². The Hall–Kier alpha value is -2.15. The van der Waals surface area contributed by atoms with E-state index in [0.29, 0.717) is 11.5 Å². The lowest BCUT2D eigenvalue weighted by Crippen LogP contribution is -1.94. The lowest BCUT2D eigenvalue weighted by Gasteiger charge is -2.09. The summed E-state index contributed by atoms with van der Waals surface area (Å²) in [4.78, 5) is 4.79. The van der Waals surface area contributed by atoms with Gasteiger partial charge in [-0.2, -0.15) is 0 Å². The number of aromatic nitrogens is 1. The zero-order valence-corrected chi connectivity index (χ0v) is 13.4. The molecule has 0 amide bonds. The Morgan fingerprint density at radius 3 is 2.55 bits per heavy atom. The molecule has 1 heterocycles. The van der Waals surface area contributed by atoms with Crippen molar-refractivity contribution in [1.29, 1.82) is 0 Å². The zero-order valence-electron chi connectivity index (χ0n) is 16.4. The van der Waals surface area contributed by atoms with Crippen LogP contribution in [0.15, 0.2) is 48.5 Å². The van der Waals surface area contributed by atoms with E-state index in [-0.39, 0.29) is 0 Å². The molecule has 1 heteroatoms. The van der Waals surface area contributed by atoms with Gasteiger partial charge in [0, 0.05) is 15.1 Å². The fraction of sp³-hybridized carbons (Fsp3) is 0.286. The second-order valence-electron chi connectivity index (χ2n) is 6.41. The molecule has 2 aromatic carbocycles. The van der Waals surface area contributed by atoms with Crippen LogP contribution in [0.4, 0.5) is 0 Å². The van der Waals surface area contributed by atoms with Gasteiger partial charge in [0.2, 0.25) is 0 Å². The van der Waals surface area contributed by atoms with Gasteiger partial charge in [-0.25, -0.2) is 4.98 Å². The Morgan fingerprint density at radius 2 is 1.77 bits per heavy atom. The van der Waals surface area contributed by atoms with Crippen LogP contribution in [0.25, 0.3) is 22.2 Å². The topological polar surface area (TPSA) is 12.9 Å². The van der Waals surface area contributed by atoms with Crippen LogP contribution in [0.2, 0.25) is 0 Å². The van der Waals surface area contributed by atoms with Crippen LogP contribution in [0.1, 0.15) is 34.7 Å². The van der Waals surface area contributed by atoms with Gasteiger partial charge in [0.15, 0.2) is 0 Å². The Kier molecular flexibility index (Phi) is 3.07. The van der Waals surface area contributed by atoms with Gasteiger partial charge in [0.05, 0.1) is 11.2 Å². The average Bonchev–Trinajstić information content (AvgIpc) is 2.52. The van der Waals surface area contributed by atoms with Crippen molar-refractivity contribution in [2.45, 2.75) is 34.0 Å². The van der Waals surface area contributed by atoms with Gasteiger partial charge >= 0.3 is 0 Å². The molecule has 0 bridgehead atoms. The lowest BCUT2D eigenvalue weighted by atomic mass is 10.0. The minimum Gasteiger partial charge on any atom is -0.248 e. The van der Waals surface area contributed by atoms with Crippen molar-refractivity contribution in [3.8, 4) is 11.3 Å². The Bertz CT molecular complexity index is 911. The Labute approximate surface area is 137 Å². The van der Waals surface area contributed by atoms with E-state index >= 15 is 0 Å². The highest BCUT2D eigenvalue weighted by Gasteiger charge is 2.05. The fourth-order valence-corrected chi connectivity index (χ4v) is 2.85. The number of benzene rings is 2. The molecule has 0 aliphatic rings. The van der Waals surface area contributed by atoms with E-state index in [1.54, 1.807) is 12.1 Å². The van der Waals surface area contributed by atoms with Crippen molar-refractivity contribution in [3.63, 3.8) is 0 Å². The minimum atomic E-state index is -2.11.